The molecular weight excluding hydrogens is 318 g/mol. The lowest BCUT2D eigenvalue weighted by Crippen LogP contribution is -2.28. The van der Waals surface area contributed by atoms with Gasteiger partial charge >= 0.3 is 0 Å². The molecule has 0 aliphatic carbocycles. The van der Waals surface area contributed by atoms with Crippen LogP contribution in [0.15, 0.2) is 42.5 Å². The van der Waals surface area contributed by atoms with E-state index >= 15 is 0 Å². The highest BCUT2D eigenvalue weighted by Crippen LogP contribution is 2.40. The molecule has 5 heteroatoms. The Kier molecular flexibility index (Phi) is 5.12. The van der Waals surface area contributed by atoms with Crippen LogP contribution in [0, 0.1) is 0 Å². The highest BCUT2D eigenvalue weighted by atomic mass is 16.5. The smallest absolute Gasteiger partial charge is 0.255 e. The Balaban J connectivity index is 1.53. The van der Waals surface area contributed by atoms with Gasteiger partial charge in [-0.25, -0.2) is 0 Å². The second-order valence-electron chi connectivity index (χ2n) is 6.12. The molecule has 25 heavy (non-hydrogen) atoms. The first kappa shape index (κ1) is 17.1. The number of fused-ring (bicyclic) bond motifs is 1. The summed E-state index contributed by atoms with van der Waals surface area (Å²) in [6.45, 7) is 4.94. The van der Waals surface area contributed by atoms with Crippen LogP contribution in [0.5, 0.6) is 17.2 Å². The number of amides is 1. The average molecular weight is 341 g/mol. The maximum Gasteiger partial charge on any atom is 0.255 e. The van der Waals surface area contributed by atoms with Gasteiger partial charge in [-0.1, -0.05) is 19.1 Å². The van der Waals surface area contributed by atoms with Crippen molar-refractivity contribution < 1.29 is 19.0 Å². The standard InChI is InChI=1S/C20H23NO4/c1-13-14(2)25-19-17(13)5-4-6-18(19)20(22)21-11-12-24-16-9-7-15(23-3)8-10-16/h4-10,13-14H,11-12H2,1-3H3,(H,21,22)/t13-,14-/m1/s1. The van der Waals surface area contributed by atoms with E-state index in [4.69, 9.17) is 14.2 Å². The molecule has 1 aliphatic heterocycles. The van der Waals surface area contributed by atoms with E-state index in [1.54, 1.807) is 13.2 Å². The van der Waals surface area contributed by atoms with Crippen LogP contribution in [0.2, 0.25) is 0 Å². The highest BCUT2D eigenvalue weighted by molar-refractivity contribution is 5.97. The molecule has 0 saturated heterocycles. The fourth-order valence-corrected chi connectivity index (χ4v) is 2.87. The summed E-state index contributed by atoms with van der Waals surface area (Å²) in [6.07, 6.45) is 0.0855. The lowest BCUT2D eigenvalue weighted by molar-refractivity contribution is 0.0942. The van der Waals surface area contributed by atoms with Gasteiger partial charge in [0.15, 0.2) is 0 Å². The number of benzene rings is 2. The van der Waals surface area contributed by atoms with E-state index < -0.39 is 0 Å². The zero-order chi connectivity index (χ0) is 17.8. The number of para-hydroxylation sites is 1. The van der Waals surface area contributed by atoms with Gasteiger partial charge < -0.3 is 19.5 Å². The van der Waals surface area contributed by atoms with Crippen LogP contribution < -0.4 is 19.5 Å². The number of hydrogen-bond donors (Lipinski definition) is 1. The van der Waals surface area contributed by atoms with Crippen molar-refractivity contribution in [2.24, 2.45) is 0 Å². The molecule has 132 valence electrons. The van der Waals surface area contributed by atoms with Crippen molar-refractivity contribution in [1.29, 1.82) is 0 Å². The molecule has 2 atom stereocenters. The lowest BCUT2D eigenvalue weighted by atomic mass is 9.97. The van der Waals surface area contributed by atoms with Crippen LogP contribution in [0.3, 0.4) is 0 Å². The third kappa shape index (κ3) is 3.71. The second kappa shape index (κ2) is 7.47. The minimum atomic E-state index is -0.142. The van der Waals surface area contributed by atoms with Crippen molar-refractivity contribution in [3.63, 3.8) is 0 Å². The molecule has 0 unspecified atom stereocenters. The topological polar surface area (TPSA) is 56.8 Å². The maximum absolute atomic E-state index is 12.4. The first-order valence-electron chi connectivity index (χ1n) is 8.44. The quantitative estimate of drug-likeness (QED) is 0.818. The summed E-state index contributed by atoms with van der Waals surface area (Å²) in [5.74, 6) is 2.37. The molecule has 2 aromatic rings. The van der Waals surface area contributed by atoms with E-state index in [0.717, 1.165) is 17.1 Å². The van der Waals surface area contributed by atoms with E-state index in [0.29, 0.717) is 30.4 Å². The molecule has 0 spiro atoms. The number of ether oxygens (including phenoxy) is 3. The first-order valence-corrected chi connectivity index (χ1v) is 8.44. The van der Waals surface area contributed by atoms with E-state index in [9.17, 15) is 4.79 Å². The van der Waals surface area contributed by atoms with Crippen molar-refractivity contribution in [3.8, 4) is 17.2 Å². The van der Waals surface area contributed by atoms with Crippen LogP contribution in [-0.2, 0) is 0 Å². The van der Waals surface area contributed by atoms with Gasteiger partial charge in [0.25, 0.3) is 5.91 Å². The van der Waals surface area contributed by atoms with Crippen LogP contribution >= 0.6 is 0 Å². The number of nitrogens with one attached hydrogen (secondary N) is 1. The molecule has 2 aromatic carbocycles. The summed E-state index contributed by atoms with van der Waals surface area (Å²) in [7, 11) is 1.62. The Labute approximate surface area is 147 Å². The van der Waals surface area contributed by atoms with Crippen molar-refractivity contribution >= 4 is 5.91 Å². The van der Waals surface area contributed by atoms with Gasteiger partial charge in [0.05, 0.1) is 19.2 Å². The first-order chi connectivity index (χ1) is 12.1. The van der Waals surface area contributed by atoms with E-state index in [1.165, 1.54) is 0 Å². The molecular formula is C20H23NO4. The molecule has 3 rings (SSSR count). The zero-order valence-electron chi connectivity index (χ0n) is 14.7. The minimum Gasteiger partial charge on any atom is -0.497 e. The third-order valence-electron chi connectivity index (χ3n) is 4.50. The van der Waals surface area contributed by atoms with Crippen LogP contribution in [-0.4, -0.2) is 32.3 Å². The Hall–Kier alpha value is -2.69. The number of carbonyl (C=O) groups is 1. The lowest BCUT2D eigenvalue weighted by Gasteiger charge is -2.11. The van der Waals surface area contributed by atoms with E-state index in [2.05, 4.69) is 12.2 Å². The fraction of sp³-hybridized carbons (Fsp3) is 0.350. The fourth-order valence-electron chi connectivity index (χ4n) is 2.87. The molecule has 1 heterocycles. The SMILES string of the molecule is COc1ccc(OCCNC(=O)c2cccc3c2O[C@H](C)[C@H]3C)cc1. The van der Waals surface area contributed by atoms with Gasteiger partial charge in [-0.05, 0) is 37.3 Å². The predicted octanol–water partition coefficient (Wildman–Crippen LogP) is 3.39. The summed E-state index contributed by atoms with van der Waals surface area (Å²) in [4.78, 5) is 12.4. The van der Waals surface area contributed by atoms with Crippen molar-refractivity contribution in [2.75, 3.05) is 20.3 Å². The second-order valence-corrected chi connectivity index (χ2v) is 6.12. The Morgan fingerprint density at radius 1 is 1.12 bits per heavy atom. The third-order valence-corrected chi connectivity index (χ3v) is 4.50. The molecule has 0 fully saturated rings. The summed E-state index contributed by atoms with van der Waals surface area (Å²) in [5.41, 5.74) is 1.67. The highest BCUT2D eigenvalue weighted by Gasteiger charge is 2.30. The Morgan fingerprint density at radius 2 is 1.84 bits per heavy atom. The largest absolute Gasteiger partial charge is 0.497 e. The van der Waals surface area contributed by atoms with Gasteiger partial charge in [-0.2, -0.15) is 0 Å². The molecule has 0 saturated carbocycles. The number of rotatable bonds is 6. The normalized spacial score (nSPS) is 18.2. The Morgan fingerprint density at radius 3 is 2.56 bits per heavy atom. The molecule has 0 aromatic heterocycles. The van der Waals surface area contributed by atoms with Crippen molar-refractivity contribution in [2.45, 2.75) is 25.9 Å². The summed E-state index contributed by atoms with van der Waals surface area (Å²) >= 11 is 0. The van der Waals surface area contributed by atoms with Crippen LogP contribution in [0.1, 0.15) is 35.7 Å². The maximum atomic E-state index is 12.4. The number of carbonyl (C=O) groups excluding carboxylic acids is 1. The van der Waals surface area contributed by atoms with Gasteiger partial charge in [-0.15, -0.1) is 0 Å². The van der Waals surface area contributed by atoms with Gasteiger partial charge in [0, 0.05) is 11.5 Å². The van der Waals surface area contributed by atoms with Crippen LogP contribution in [0.25, 0.3) is 0 Å². The van der Waals surface area contributed by atoms with Crippen molar-refractivity contribution in [1.82, 2.24) is 5.32 Å². The predicted molar refractivity (Wildman–Crippen MR) is 95.8 cm³/mol. The molecule has 1 amide bonds. The van der Waals surface area contributed by atoms with Gasteiger partial charge in [0.2, 0.25) is 0 Å². The van der Waals surface area contributed by atoms with Crippen molar-refractivity contribution in [3.05, 3.63) is 53.6 Å². The molecule has 0 bridgehead atoms. The van der Waals surface area contributed by atoms with Crippen LogP contribution in [0.4, 0.5) is 0 Å². The minimum absolute atomic E-state index is 0.0855. The van der Waals surface area contributed by atoms with Gasteiger partial charge in [-0.3, -0.25) is 4.79 Å². The summed E-state index contributed by atoms with van der Waals surface area (Å²) in [5, 5.41) is 2.88. The van der Waals surface area contributed by atoms with E-state index in [1.807, 2.05) is 43.3 Å². The summed E-state index contributed by atoms with van der Waals surface area (Å²) < 4.78 is 16.6. The molecule has 1 aliphatic rings. The number of hydrogen-bond acceptors (Lipinski definition) is 4. The summed E-state index contributed by atoms with van der Waals surface area (Å²) in [6, 6.07) is 13.1. The van der Waals surface area contributed by atoms with Gasteiger partial charge in [0.1, 0.15) is 30.0 Å². The molecule has 0 radical (unpaired) electrons. The average Bonchev–Trinajstić information content (AvgIpc) is 2.93. The monoisotopic (exact) mass is 341 g/mol. The molecule has 5 nitrogen and oxygen atoms in total. The number of methoxy groups -OCH3 is 1. The zero-order valence-corrected chi connectivity index (χ0v) is 14.7. The molecule has 1 N–H and O–H groups in total. The van der Waals surface area contributed by atoms with E-state index in [-0.39, 0.29) is 12.0 Å². The Bertz CT molecular complexity index is 742.